The molecular formula is C17H21NS. The summed E-state index contributed by atoms with van der Waals surface area (Å²) in [4.78, 5) is 1.30. The highest BCUT2D eigenvalue weighted by Crippen LogP contribution is 2.26. The summed E-state index contributed by atoms with van der Waals surface area (Å²) >= 11 is 1.88. The van der Waals surface area contributed by atoms with Crippen LogP contribution in [0.1, 0.15) is 35.2 Å². The maximum atomic E-state index is 5.86. The largest absolute Gasteiger partial charge is 0.324 e. The summed E-state index contributed by atoms with van der Waals surface area (Å²) in [5.41, 5.74) is 11.2. The molecule has 100 valence electrons. The van der Waals surface area contributed by atoms with Crippen LogP contribution in [-0.2, 0) is 5.75 Å². The molecule has 0 saturated heterocycles. The molecule has 0 fully saturated rings. The van der Waals surface area contributed by atoms with E-state index in [9.17, 15) is 0 Å². The third-order valence-corrected chi connectivity index (χ3v) is 4.37. The molecule has 0 aliphatic heterocycles. The Morgan fingerprint density at radius 3 is 2.37 bits per heavy atom. The highest BCUT2D eigenvalue weighted by atomic mass is 32.2. The van der Waals surface area contributed by atoms with Gasteiger partial charge in [-0.15, -0.1) is 11.8 Å². The average molecular weight is 271 g/mol. The quantitative estimate of drug-likeness (QED) is 0.821. The molecule has 2 rings (SSSR count). The summed E-state index contributed by atoms with van der Waals surface area (Å²) in [6.07, 6.45) is 0. The summed E-state index contributed by atoms with van der Waals surface area (Å²) in [5.74, 6) is 1.02. The number of benzene rings is 2. The highest BCUT2D eigenvalue weighted by Gasteiger charge is 2.02. The van der Waals surface area contributed by atoms with Crippen molar-refractivity contribution < 1.29 is 0 Å². The molecule has 1 unspecified atom stereocenters. The lowest BCUT2D eigenvalue weighted by Crippen LogP contribution is -2.04. The molecule has 2 aromatic carbocycles. The van der Waals surface area contributed by atoms with E-state index in [1.54, 1.807) is 0 Å². The van der Waals surface area contributed by atoms with Gasteiger partial charge in [-0.3, -0.25) is 0 Å². The highest BCUT2D eigenvalue weighted by molar-refractivity contribution is 7.98. The maximum Gasteiger partial charge on any atom is 0.0266 e. The van der Waals surface area contributed by atoms with E-state index in [0.717, 1.165) is 5.75 Å². The van der Waals surface area contributed by atoms with Crippen LogP contribution in [0.3, 0.4) is 0 Å². The van der Waals surface area contributed by atoms with Gasteiger partial charge in [-0.1, -0.05) is 35.9 Å². The smallest absolute Gasteiger partial charge is 0.0266 e. The molecule has 2 aromatic rings. The Labute approximate surface area is 120 Å². The molecule has 0 heterocycles. The molecule has 0 aliphatic carbocycles. The van der Waals surface area contributed by atoms with E-state index in [4.69, 9.17) is 5.73 Å². The van der Waals surface area contributed by atoms with Crippen LogP contribution >= 0.6 is 11.8 Å². The van der Waals surface area contributed by atoms with Crippen LogP contribution in [0.15, 0.2) is 47.4 Å². The molecule has 0 bridgehead atoms. The molecule has 0 spiro atoms. The zero-order valence-corrected chi connectivity index (χ0v) is 12.6. The molecule has 2 heteroatoms. The molecule has 0 aromatic heterocycles. The second kappa shape index (κ2) is 6.27. The lowest BCUT2D eigenvalue weighted by atomic mass is 10.1. The standard InChI is InChI=1S/C17H21NS/c1-12-4-5-13(2)16(10-12)11-19-17-8-6-15(7-9-17)14(3)18/h4-10,14H,11,18H2,1-3H3. The van der Waals surface area contributed by atoms with E-state index < -0.39 is 0 Å². The molecule has 2 N–H and O–H groups in total. The Hall–Kier alpha value is -1.25. The number of aryl methyl sites for hydroxylation is 2. The number of nitrogens with two attached hydrogens (primary N) is 1. The lowest BCUT2D eigenvalue weighted by molar-refractivity contribution is 0.817. The zero-order chi connectivity index (χ0) is 13.8. The van der Waals surface area contributed by atoms with Crippen LogP contribution in [0.25, 0.3) is 0 Å². The number of rotatable bonds is 4. The van der Waals surface area contributed by atoms with Crippen LogP contribution in [-0.4, -0.2) is 0 Å². The van der Waals surface area contributed by atoms with E-state index in [1.807, 2.05) is 18.7 Å². The Morgan fingerprint density at radius 1 is 1.05 bits per heavy atom. The van der Waals surface area contributed by atoms with Gasteiger partial charge in [-0.05, 0) is 49.6 Å². The van der Waals surface area contributed by atoms with E-state index in [0.29, 0.717) is 0 Å². The fourth-order valence-electron chi connectivity index (χ4n) is 1.98. The molecule has 0 radical (unpaired) electrons. The minimum atomic E-state index is 0.109. The summed E-state index contributed by atoms with van der Waals surface area (Å²) in [7, 11) is 0. The van der Waals surface area contributed by atoms with Gasteiger partial charge in [-0.25, -0.2) is 0 Å². The maximum absolute atomic E-state index is 5.86. The molecule has 1 nitrogen and oxygen atoms in total. The second-order valence-corrected chi connectivity index (χ2v) is 6.13. The van der Waals surface area contributed by atoms with Crippen LogP contribution in [0.5, 0.6) is 0 Å². The zero-order valence-electron chi connectivity index (χ0n) is 11.8. The van der Waals surface area contributed by atoms with Gasteiger partial charge < -0.3 is 5.73 Å². The van der Waals surface area contributed by atoms with E-state index >= 15 is 0 Å². The van der Waals surface area contributed by atoms with Gasteiger partial charge in [0.05, 0.1) is 0 Å². The molecule has 19 heavy (non-hydrogen) atoms. The van der Waals surface area contributed by atoms with Crippen molar-refractivity contribution in [2.45, 2.75) is 37.5 Å². The predicted molar refractivity (Wildman–Crippen MR) is 84.5 cm³/mol. The van der Waals surface area contributed by atoms with Crippen molar-refractivity contribution in [1.82, 2.24) is 0 Å². The molecular weight excluding hydrogens is 250 g/mol. The van der Waals surface area contributed by atoms with E-state index in [1.165, 1.54) is 27.1 Å². The van der Waals surface area contributed by atoms with Gasteiger partial charge in [0.1, 0.15) is 0 Å². The van der Waals surface area contributed by atoms with E-state index in [2.05, 4.69) is 56.3 Å². The Kier molecular flexibility index (Phi) is 4.67. The first kappa shape index (κ1) is 14.2. The Bertz CT molecular complexity index is 544. The summed E-state index contributed by atoms with van der Waals surface area (Å²) in [5, 5.41) is 0. The van der Waals surface area contributed by atoms with Crippen molar-refractivity contribution >= 4 is 11.8 Å². The van der Waals surface area contributed by atoms with Gasteiger partial charge in [0, 0.05) is 16.7 Å². The van der Waals surface area contributed by atoms with Gasteiger partial charge >= 0.3 is 0 Å². The Balaban J connectivity index is 2.04. The lowest BCUT2D eigenvalue weighted by Gasteiger charge is -2.09. The van der Waals surface area contributed by atoms with Crippen molar-refractivity contribution in [2.75, 3.05) is 0 Å². The van der Waals surface area contributed by atoms with Crippen molar-refractivity contribution in [3.63, 3.8) is 0 Å². The summed E-state index contributed by atoms with van der Waals surface area (Å²) < 4.78 is 0. The first-order valence-corrected chi connectivity index (χ1v) is 7.59. The van der Waals surface area contributed by atoms with Crippen LogP contribution in [0, 0.1) is 13.8 Å². The van der Waals surface area contributed by atoms with Gasteiger partial charge in [0.2, 0.25) is 0 Å². The molecule has 0 amide bonds. The minimum Gasteiger partial charge on any atom is -0.324 e. The molecule has 1 atom stereocenters. The number of hydrogen-bond acceptors (Lipinski definition) is 2. The van der Waals surface area contributed by atoms with Crippen LogP contribution in [0.2, 0.25) is 0 Å². The normalized spacial score (nSPS) is 12.4. The monoisotopic (exact) mass is 271 g/mol. The fraction of sp³-hybridized carbons (Fsp3) is 0.294. The first-order chi connectivity index (χ1) is 9.06. The van der Waals surface area contributed by atoms with Crippen LogP contribution < -0.4 is 5.73 Å². The van der Waals surface area contributed by atoms with Crippen molar-refractivity contribution in [1.29, 1.82) is 0 Å². The average Bonchev–Trinajstić information content (AvgIpc) is 2.40. The summed E-state index contributed by atoms with van der Waals surface area (Å²) in [6.45, 7) is 6.33. The minimum absolute atomic E-state index is 0.109. The van der Waals surface area contributed by atoms with Gasteiger partial charge in [0.15, 0.2) is 0 Å². The van der Waals surface area contributed by atoms with Crippen molar-refractivity contribution in [3.8, 4) is 0 Å². The van der Waals surface area contributed by atoms with Crippen molar-refractivity contribution in [2.24, 2.45) is 5.73 Å². The molecule has 0 aliphatic rings. The van der Waals surface area contributed by atoms with Gasteiger partial charge in [0.25, 0.3) is 0 Å². The van der Waals surface area contributed by atoms with Crippen LogP contribution in [0.4, 0.5) is 0 Å². The predicted octanol–water partition coefficient (Wildman–Crippen LogP) is 4.62. The third-order valence-electron chi connectivity index (χ3n) is 3.30. The van der Waals surface area contributed by atoms with Crippen molar-refractivity contribution in [3.05, 3.63) is 64.7 Å². The van der Waals surface area contributed by atoms with E-state index in [-0.39, 0.29) is 6.04 Å². The SMILES string of the molecule is Cc1ccc(C)c(CSc2ccc(C(C)N)cc2)c1. The number of hydrogen-bond donors (Lipinski definition) is 1. The Morgan fingerprint density at radius 2 is 1.74 bits per heavy atom. The fourth-order valence-corrected chi connectivity index (χ4v) is 2.95. The first-order valence-electron chi connectivity index (χ1n) is 6.61. The third kappa shape index (κ3) is 3.85. The van der Waals surface area contributed by atoms with Gasteiger partial charge in [-0.2, -0.15) is 0 Å². The topological polar surface area (TPSA) is 26.0 Å². The second-order valence-electron chi connectivity index (χ2n) is 5.08. The molecule has 0 saturated carbocycles. The number of thioether (sulfide) groups is 1. The summed E-state index contributed by atoms with van der Waals surface area (Å²) in [6, 6.07) is 15.3.